The molecule has 0 saturated heterocycles. The molecule has 4 aromatic rings. The van der Waals surface area contributed by atoms with Crippen molar-refractivity contribution < 1.29 is 4.79 Å². The summed E-state index contributed by atoms with van der Waals surface area (Å²) < 4.78 is 1.92. The van der Waals surface area contributed by atoms with E-state index in [9.17, 15) is 4.79 Å². The number of nitrogens with zero attached hydrogens (tertiary/aromatic N) is 3. The highest BCUT2D eigenvalue weighted by molar-refractivity contribution is 7.13. The fourth-order valence-corrected chi connectivity index (χ4v) is 4.08. The molecule has 0 fully saturated rings. The van der Waals surface area contributed by atoms with Gasteiger partial charge in [0, 0.05) is 40.0 Å². The molecular weight excluding hydrogens is 380 g/mol. The van der Waals surface area contributed by atoms with Gasteiger partial charge in [0.2, 0.25) is 0 Å². The van der Waals surface area contributed by atoms with Crippen LogP contribution >= 0.6 is 11.3 Å². The van der Waals surface area contributed by atoms with Gasteiger partial charge in [-0.25, -0.2) is 9.67 Å². The predicted molar refractivity (Wildman–Crippen MR) is 116 cm³/mol. The normalized spacial score (nSPS) is 10.9. The summed E-state index contributed by atoms with van der Waals surface area (Å²) in [5.74, 6) is -0.0990. The first-order chi connectivity index (χ1) is 14.0. The van der Waals surface area contributed by atoms with E-state index in [0.717, 1.165) is 38.9 Å². The molecule has 6 heteroatoms. The number of hydrogen-bond acceptors (Lipinski definition) is 4. The van der Waals surface area contributed by atoms with Crippen molar-refractivity contribution in [2.75, 3.05) is 0 Å². The number of thiazole rings is 1. The molecule has 0 aliphatic rings. The quantitative estimate of drug-likeness (QED) is 0.519. The monoisotopic (exact) mass is 402 g/mol. The van der Waals surface area contributed by atoms with E-state index in [1.807, 2.05) is 85.4 Å². The minimum atomic E-state index is -0.0990. The number of nitrogens with one attached hydrogen (secondary N) is 1. The Morgan fingerprint density at radius 2 is 1.76 bits per heavy atom. The molecule has 29 heavy (non-hydrogen) atoms. The summed E-state index contributed by atoms with van der Waals surface area (Å²) in [4.78, 5) is 17.1. The SMILES string of the molecule is Cc1csc(-c2ccc(C(=O)NCc3c(C)nn(-c4ccccc4)c3C)cc2)n1. The van der Waals surface area contributed by atoms with Crippen molar-refractivity contribution in [2.24, 2.45) is 0 Å². The number of aryl methyl sites for hydroxylation is 2. The van der Waals surface area contributed by atoms with Crippen molar-refractivity contribution in [2.45, 2.75) is 27.3 Å². The Hall–Kier alpha value is -3.25. The lowest BCUT2D eigenvalue weighted by molar-refractivity contribution is 0.0951. The van der Waals surface area contributed by atoms with E-state index in [0.29, 0.717) is 12.1 Å². The Labute approximate surface area is 174 Å². The fourth-order valence-electron chi connectivity index (χ4n) is 3.27. The molecule has 0 bridgehead atoms. The number of carbonyl (C=O) groups excluding carboxylic acids is 1. The van der Waals surface area contributed by atoms with Gasteiger partial charge in [-0.15, -0.1) is 11.3 Å². The van der Waals surface area contributed by atoms with E-state index in [2.05, 4.69) is 15.4 Å². The van der Waals surface area contributed by atoms with Crippen LogP contribution in [0.25, 0.3) is 16.3 Å². The maximum Gasteiger partial charge on any atom is 0.251 e. The zero-order valence-corrected chi connectivity index (χ0v) is 17.5. The van der Waals surface area contributed by atoms with Crippen LogP contribution < -0.4 is 5.32 Å². The average molecular weight is 403 g/mol. The summed E-state index contributed by atoms with van der Waals surface area (Å²) in [5, 5.41) is 10.6. The van der Waals surface area contributed by atoms with Crippen molar-refractivity contribution in [1.82, 2.24) is 20.1 Å². The van der Waals surface area contributed by atoms with Crippen LogP contribution in [0.1, 0.15) is 33.0 Å². The number of benzene rings is 2. The molecule has 0 aliphatic heterocycles. The molecule has 1 amide bonds. The number of hydrogen-bond donors (Lipinski definition) is 1. The third-order valence-electron chi connectivity index (χ3n) is 4.88. The molecule has 0 unspecified atom stereocenters. The Morgan fingerprint density at radius 1 is 1.03 bits per heavy atom. The van der Waals surface area contributed by atoms with Gasteiger partial charge in [-0.1, -0.05) is 30.3 Å². The Balaban J connectivity index is 1.47. The van der Waals surface area contributed by atoms with Gasteiger partial charge in [0.25, 0.3) is 5.91 Å². The van der Waals surface area contributed by atoms with Crippen LogP contribution in [0.15, 0.2) is 60.0 Å². The second-order valence-electron chi connectivity index (χ2n) is 6.95. The molecule has 2 aromatic heterocycles. The van der Waals surface area contributed by atoms with Gasteiger partial charge >= 0.3 is 0 Å². The summed E-state index contributed by atoms with van der Waals surface area (Å²) in [6, 6.07) is 17.6. The molecular formula is C23H22N4OS. The van der Waals surface area contributed by atoms with E-state index in [4.69, 9.17) is 0 Å². The van der Waals surface area contributed by atoms with Crippen LogP contribution in [0.2, 0.25) is 0 Å². The van der Waals surface area contributed by atoms with Crippen molar-refractivity contribution in [3.8, 4) is 16.3 Å². The summed E-state index contributed by atoms with van der Waals surface area (Å²) >= 11 is 1.61. The molecule has 0 spiro atoms. The number of carbonyl (C=O) groups is 1. The summed E-state index contributed by atoms with van der Waals surface area (Å²) in [7, 11) is 0. The van der Waals surface area contributed by atoms with Gasteiger partial charge in [0.05, 0.1) is 11.4 Å². The molecule has 2 heterocycles. The molecule has 4 rings (SSSR count). The van der Waals surface area contributed by atoms with Gasteiger partial charge in [-0.05, 0) is 45.0 Å². The van der Waals surface area contributed by atoms with Crippen LogP contribution in [0, 0.1) is 20.8 Å². The minimum Gasteiger partial charge on any atom is -0.348 e. The zero-order chi connectivity index (χ0) is 20.4. The first-order valence-corrected chi connectivity index (χ1v) is 10.3. The second-order valence-corrected chi connectivity index (χ2v) is 7.81. The van der Waals surface area contributed by atoms with Crippen molar-refractivity contribution >= 4 is 17.2 Å². The molecule has 5 nitrogen and oxygen atoms in total. The lowest BCUT2D eigenvalue weighted by Gasteiger charge is -2.08. The van der Waals surface area contributed by atoms with Crippen LogP contribution in [0.4, 0.5) is 0 Å². The van der Waals surface area contributed by atoms with E-state index < -0.39 is 0 Å². The number of rotatable bonds is 5. The Kier molecular flexibility index (Phi) is 5.27. The van der Waals surface area contributed by atoms with Crippen LogP contribution in [0.5, 0.6) is 0 Å². The Morgan fingerprint density at radius 3 is 2.41 bits per heavy atom. The first kappa shape index (κ1) is 19.1. The molecule has 0 aliphatic carbocycles. The molecule has 0 atom stereocenters. The van der Waals surface area contributed by atoms with Gasteiger partial charge < -0.3 is 5.32 Å². The van der Waals surface area contributed by atoms with Crippen molar-refractivity contribution in [3.05, 3.63) is 88.2 Å². The summed E-state index contributed by atoms with van der Waals surface area (Å²) in [6.45, 7) is 6.42. The standard InChI is InChI=1S/C23H22N4OS/c1-15-14-29-23(25-15)19-11-9-18(10-12-19)22(28)24-13-21-16(2)26-27(17(21)3)20-7-5-4-6-8-20/h4-12,14H,13H2,1-3H3,(H,24,28). The third-order valence-corrected chi connectivity index (χ3v) is 5.89. The van der Waals surface area contributed by atoms with Gasteiger partial charge in [-0.2, -0.15) is 5.10 Å². The fraction of sp³-hybridized carbons (Fsp3) is 0.174. The molecule has 146 valence electrons. The van der Waals surface area contributed by atoms with Crippen molar-refractivity contribution in [3.63, 3.8) is 0 Å². The highest BCUT2D eigenvalue weighted by atomic mass is 32.1. The maximum atomic E-state index is 12.6. The third kappa shape index (κ3) is 3.98. The van der Waals surface area contributed by atoms with Gasteiger partial charge in [0.1, 0.15) is 5.01 Å². The van der Waals surface area contributed by atoms with E-state index in [-0.39, 0.29) is 5.91 Å². The maximum absolute atomic E-state index is 12.6. The van der Waals surface area contributed by atoms with Crippen LogP contribution in [0.3, 0.4) is 0 Å². The number of amides is 1. The Bertz CT molecular complexity index is 1140. The van der Waals surface area contributed by atoms with Gasteiger partial charge in [-0.3, -0.25) is 4.79 Å². The van der Waals surface area contributed by atoms with Crippen LogP contribution in [-0.4, -0.2) is 20.7 Å². The highest BCUT2D eigenvalue weighted by Gasteiger charge is 2.14. The topological polar surface area (TPSA) is 59.8 Å². The lowest BCUT2D eigenvalue weighted by Crippen LogP contribution is -2.23. The van der Waals surface area contributed by atoms with Crippen LogP contribution in [-0.2, 0) is 6.54 Å². The average Bonchev–Trinajstić information content (AvgIpc) is 3.30. The zero-order valence-electron chi connectivity index (χ0n) is 16.6. The van der Waals surface area contributed by atoms with Gasteiger partial charge in [0.15, 0.2) is 0 Å². The lowest BCUT2D eigenvalue weighted by atomic mass is 10.1. The predicted octanol–water partition coefficient (Wildman–Crippen LogP) is 4.85. The second kappa shape index (κ2) is 8.01. The van der Waals surface area contributed by atoms with Crippen molar-refractivity contribution in [1.29, 1.82) is 0 Å². The largest absolute Gasteiger partial charge is 0.348 e. The summed E-state index contributed by atoms with van der Waals surface area (Å²) in [6.07, 6.45) is 0. The first-order valence-electron chi connectivity index (χ1n) is 9.44. The van der Waals surface area contributed by atoms with E-state index >= 15 is 0 Å². The minimum absolute atomic E-state index is 0.0990. The molecule has 0 radical (unpaired) electrons. The molecule has 1 N–H and O–H groups in total. The molecule has 0 saturated carbocycles. The highest BCUT2D eigenvalue weighted by Crippen LogP contribution is 2.24. The van der Waals surface area contributed by atoms with E-state index in [1.165, 1.54) is 0 Å². The number of aromatic nitrogens is 3. The number of para-hydroxylation sites is 1. The molecule has 2 aromatic carbocycles. The smallest absolute Gasteiger partial charge is 0.251 e. The van der Waals surface area contributed by atoms with E-state index in [1.54, 1.807) is 11.3 Å². The summed E-state index contributed by atoms with van der Waals surface area (Å²) in [5.41, 5.74) is 6.66.